The van der Waals surface area contributed by atoms with Crippen molar-refractivity contribution in [2.24, 2.45) is 0 Å². The first-order valence-electron chi connectivity index (χ1n) is 7.95. The molecule has 0 aliphatic heterocycles. The maximum atomic E-state index is 9.14. The summed E-state index contributed by atoms with van der Waals surface area (Å²) < 4.78 is 3.31. The predicted molar refractivity (Wildman–Crippen MR) is 94.5 cm³/mol. The van der Waals surface area contributed by atoms with Crippen LogP contribution in [0.2, 0.25) is 0 Å². The molecular formula is C17H16N8O. The Hall–Kier alpha value is -3.59. The molecule has 3 aromatic heterocycles. The van der Waals surface area contributed by atoms with Gasteiger partial charge in [0.05, 0.1) is 18.5 Å². The van der Waals surface area contributed by atoms with E-state index in [0.29, 0.717) is 11.8 Å². The van der Waals surface area contributed by atoms with Crippen LogP contribution in [0, 0.1) is 6.92 Å². The third-order valence-electron chi connectivity index (χ3n) is 3.69. The molecule has 9 heteroatoms. The Morgan fingerprint density at radius 3 is 2.62 bits per heavy atom. The van der Waals surface area contributed by atoms with E-state index >= 15 is 0 Å². The van der Waals surface area contributed by atoms with Crippen LogP contribution in [0.25, 0.3) is 11.5 Å². The van der Waals surface area contributed by atoms with Crippen LogP contribution in [-0.2, 0) is 6.61 Å². The van der Waals surface area contributed by atoms with Gasteiger partial charge in [-0.1, -0.05) is 0 Å². The van der Waals surface area contributed by atoms with Crippen molar-refractivity contribution in [3.8, 4) is 11.5 Å². The summed E-state index contributed by atoms with van der Waals surface area (Å²) in [5.41, 5.74) is 2.48. The number of hydrogen-bond donors (Lipinski definition) is 2. The zero-order chi connectivity index (χ0) is 17.9. The standard InChI is InChI=1S/C17H16N8O/c1-12-19-11-25(23-12)15-4-2-14(3-5-15)21-17-18-7-6-16(22-17)24-9-13(10-26)8-20-24/h2-9,11,26H,10H2,1H3,(H,18,21,22). The lowest BCUT2D eigenvalue weighted by Gasteiger charge is -2.07. The zero-order valence-corrected chi connectivity index (χ0v) is 14.0. The van der Waals surface area contributed by atoms with E-state index in [2.05, 4.69) is 30.5 Å². The van der Waals surface area contributed by atoms with Gasteiger partial charge in [0.25, 0.3) is 0 Å². The van der Waals surface area contributed by atoms with Crippen LogP contribution in [0.5, 0.6) is 0 Å². The van der Waals surface area contributed by atoms with Crippen molar-refractivity contribution in [1.82, 2.24) is 34.5 Å². The number of hydrogen-bond acceptors (Lipinski definition) is 7. The van der Waals surface area contributed by atoms with Crippen molar-refractivity contribution in [1.29, 1.82) is 0 Å². The second kappa shape index (κ2) is 6.73. The average Bonchev–Trinajstić information content (AvgIpc) is 3.32. The summed E-state index contributed by atoms with van der Waals surface area (Å²) in [5.74, 6) is 1.78. The Kier molecular flexibility index (Phi) is 4.12. The van der Waals surface area contributed by atoms with Crippen molar-refractivity contribution in [3.05, 3.63) is 66.6 Å². The maximum Gasteiger partial charge on any atom is 0.229 e. The summed E-state index contributed by atoms with van der Waals surface area (Å²) in [6.45, 7) is 1.79. The molecule has 0 atom stereocenters. The smallest absolute Gasteiger partial charge is 0.229 e. The van der Waals surface area contributed by atoms with E-state index in [-0.39, 0.29) is 6.61 Å². The third-order valence-corrected chi connectivity index (χ3v) is 3.69. The number of aliphatic hydroxyl groups is 1. The fourth-order valence-electron chi connectivity index (χ4n) is 2.40. The zero-order valence-electron chi connectivity index (χ0n) is 14.0. The van der Waals surface area contributed by atoms with Crippen LogP contribution < -0.4 is 5.32 Å². The number of rotatable bonds is 5. The Morgan fingerprint density at radius 2 is 1.92 bits per heavy atom. The number of anilines is 2. The lowest BCUT2D eigenvalue weighted by Crippen LogP contribution is -2.03. The van der Waals surface area contributed by atoms with Crippen LogP contribution in [-0.4, -0.2) is 39.6 Å². The van der Waals surface area contributed by atoms with Gasteiger partial charge in [-0.2, -0.15) is 15.2 Å². The van der Waals surface area contributed by atoms with E-state index in [1.165, 1.54) is 0 Å². The molecule has 4 aromatic rings. The van der Waals surface area contributed by atoms with Crippen LogP contribution >= 0.6 is 0 Å². The molecule has 3 heterocycles. The SMILES string of the molecule is Cc1ncn(-c2ccc(Nc3nccc(-n4cc(CO)cn4)n3)cc2)n1. The van der Waals surface area contributed by atoms with Crippen LogP contribution in [0.3, 0.4) is 0 Å². The lowest BCUT2D eigenvalue weighted by atomic mass is 10.3. The first kappa shape index (κ1) is 15.9. The van der Waals surface area contributed by atoms with Crippen molar-refractivity contribution in [2.45, 2.75) is 13.5 Å². The minimum absolute atomic E-state index is 0.0617. The van der Waals surface area contributed by atoms with Gasteiger partial charge >= 0.3 is 0 Å². The lowest BCUT2D eigenvalue weighted by molar-refractivity contribution is 0.282. The summed E-state index contributed by atoms with van der Waals surface area (Å²) in [6.07, 6.45) is 6.65. The molecule has 0 bridgehead atoms. The molecule has 2 N–H and O–H groups in total. The van der Waals surface area contributed by atoms with E-state index < -0.39 is 0 Å². The molecule has 0 saturated carbocycles. The second-order valence-corrected chi connectivity index (χ2v) is 5.60. The Labute approximate surface area is 149 Å². The highest BCUT2D eigenvalue weighted by Gasteiger charge is 2.05. The second-order valence-electron chi connectivity index (χ2n) is 5.60. The molecule has 4 rings (SSSR count). The van der Waals surface area contributed by atoms with Gasteiger partial charge in [-0.25, -0.2) is 19.3 Å². The topological polar surface area (TPSA) is 107 Å². The Bertz CT molecular complexity index is 1020. The van der Waals surface area contributed by atoms with Crippen LogP contribution in [0.15, 0.2) is 55.2 Å². The number of benzene rings is 1. The first-order chi connectivity index (χ1) is 12.7. The van der Waals surface area contributed by atoms with Crippen LogP contribution in [0.1, 0.15) is 11.4 Å². The molecule has 0 aliphatic carbocycles. The molecule has 130 valence electrons. The molecule has 0 unspecified atom stereocenters. The van der Waals surface area contributed by atoms with Gasteiger partial charge in [-0.3, -0.25) is 0 Å². The average molecular weight is 348 g/mol. The first-order valence-corrected chi connectivity index (χ1v) is 7.95. The van der Waals surface area contributed by atoms with Crippen molar-refractivity contribution in [3.63, 3.8) is 0 Å². The van der Waals surface area contributed by atoms with E-state index in [0.717, 1.165) is 22.8 Å². The van der Waals surface area contributed by atoms with E-state index in [1.54, 1.807) is 40.3 Å². The largest absolute Gasteiger partial charge is 0.392 e. The molecule has 26 heavy (non-hydrogen) atoms. The van der Waals surface area contributed by atoms with Crippen molar-refractivity contribution < 1.29 is 5.11 Å². The predicted octanol–water partition coefficient (Wildman–Crippen LogP) is 1.79. The number of nitrogens with one attached hydrogen (secondary N) is 1. The molecule has 0 aliphatic rings. The summed E-state index contributed by atoms with van der Waals surface area (Å²) in [5, 5.41) is 20.8. The summed E-state index contributed by atoms with van der Waals surface area (Å²) >= 11 is 0. The minimum Gasteiger partial charge on any atom is -0.392 e. The fourth-order valence-corrected chi connectivity index (χ4v) is 2.40. The Morgan fingerprint density at radius 1 is 1.08 bits per heavy atom. The minimum atomic E-state index is -0.0617. The molecule has 0 radical (unpaired) electrons. The Balaban J connectivity index is 1.53. The molecule has 0 fully saturated rings. The molecule has 0 spiro atoms. The third kappa shape index (κ3) is 3.28. The maximum absolute atomic E-state index is 9.14. The highest BCUT2D eigenvalue weighted by atomic mass is 16.3. The van der Waals surface area contributed by atoms with Crippen molar-refractivity contribution >= 4 is 11.6 Å². The quantitative estimate of drug-likeness (QED) is 0.566. The monoisotopic (exact) mass is 348 g/mol. The van der Waals surface area contributed by atoms with Crippen molar-refractivity contribution in [2.75, 3.05) is 5.32 Å². The number of aliphatic hydroxyl groups excluding tert-OH is 1. The van der Waals surface area contributed by atoms with Crippen LogP contribution in [0.4, 0.5) is 11.6 Å². The molecule has 0 saturated heterocycles. The van der Waals surface area contributed by atoms with Gasteiger partial charge < -0.3 is 10.4 Å². The molecular weight excluding hydrogens is 332 g/mol. The number of nitrogens with zero attached hydrogens (tertiary/aromatic N) is 7. The normalized spacial score (nSPS) is 10.8. The van der Waals surface area contributed by atoms with Gasteiger partial charge in [-0.05, 0) is 31.2 Å². The van der Waals surface area contributed by atoms with E-state index in [4.69, 9.17) is 5.11 Å². The summed E-state index contributed by atoms with van der Waals surface area (Å²) in [7, 11) is 0. The molecule has 1 aromatic carbocycles. The highest BCUT2D eigenvalue weighted by Crippen LogP contribution is 2.16. The van der Waals surface area contributed by atoms with Gasteiger partial charge in [0.1, 0.15) is 12.2 Å². The highest BCUT2D eigenvalue weighted by molar-refractivity contribution is 5.56. The molecule has 9 nitrogen and oxygen atoms in total. The van der Waals surface area contributed by atoms with E-state index in [1.807, 2.05) is 31.2 Å². The van der Waals surface area contributed by atoms with E-state index in [9.17, 15) is 0 Å². The summed E-state index contributed by atoms with van der Waals surface area (Å²) in [4.78, 5) is 12.8. The van der Waals surface area contributed by atoms with Gasteiger partial charge in [0.15, 0.2) is 5.82 Å². The van der Waals surface area contributed by atoms with Gasteiger partial charge in [0.2, 0.25) is 5.95 Å². The van der Waals surface area contributed by atoms with Gasteiger partial charge in [-0.15, -0.1) is 0 Å². The number of aromatic nitrogens is 7. The number of aryl methyl sites for hydroxylation is 1. The molecule has 0 amide bonds. The summed E-state index contributed by atoms with van der Waals surface area (Å²) in [6, 6.07) is 9.44. The van der Waals surface area contributed by atoms with Gasteiger partial charge in [0, 0.05) is 29.7 Å². The fraction of sp³-hybridized carbons (Fsp3) is 0.118.